The van der Waals surface area contributed by atoms with Gasteiger partial charge in [-0.1, -0.05) is 19.1 Å². The van der Waals surface area contributed by atoms with Gasteiger partial charge in [-0.2, -0.15) is 5.10 Å². The predicted molar refractivity (Wildman–Crippen MR) is 104 cm³/mol. The molecule has 1 unspecified atom stereocenters. The van der Waals surface area contributed by atoms with Crippen molar-refractivity contribution in [3.05, 3.63) is 52.4 Å². The molecule has 2 heterocycles. The Morgan fingerprint density at radius 3 is 2.93 bits per heavy atom. The second-order valence-corrected chi connectivity index (χ2v) is 6.80. The summed E-state index contributed by atoms with van der Waals surface area (Å²) in [5.74, 6) is 0.801. The fraction of sp³-hybridized carbons (Fsp3) is 0.450. The standard InChI is InChI=1S/C20H26N4O3/c1-2-10-27-18-7-5-15(6-8-18)12-21-20(26)16-4-3-9-24(14-16)17-11-19(25)23-22-13-17/h5-8,11,13,16H,2-4,9-10,12,14H2,1H3,(H,21,26)(H,23,25). The predicted octanol–water partition coefficient (Wildman–Crippen LogP) is 2.09. The highest BCUT2D eigenvalue weighted by Crippen LogP contribution is 2.22. The van der Waals surface area contributed by atoms with Crippen molar-refractivity contribution in [2.24, 2.45) is 5.92 Å². The summed E-state index contributed by atoms with van der Waals surface area (Å²) in [5.41, 5.74) is 1.57. The minimum absolute atomic E-state index is 0.0452. The molecule has 0 bridgehead atoms. The van der Waals surface area contributed by atoms with E-state index in [1.807, 2.05) is 24.3 Å². The first-order valence-electron chi connectivity index (χ1n) is 9.45. The van der Waals surface area contributed by atoms with Gasteiger partial charge in [0.25, 0.3) is 5.56 Å². The second-order valence-electron chi connectivity index (χ2n) is 6.80. The fourth-order valence-corrected chi connectivity index (χ4v) is 3.22. The Labute approximate surface area is 158 Å². The Kier molecular flexibility index (Phi) is 6.46. The number of anilines is 1. The van der Waals surface area contributed by atoms with Gasteiger partial charge in [0.1, 0.15) is 5.75 Å². The van der Waals surface area contributed by atoms with Gasteiger partial charge in [-0.15, -0.1) is 0 Å². The van der Waals surface area contributed by atoms with Crippen molar-refractivity contribution < 1.29 is 9.53 Å². The third kappa shape index (κ3) is 5.32. The molecule has 144 valence electrons. The van der Waals surface area contributed by atoms with Crippen LogP contribution < -0.4 is 20.5 Å². The van der Waals surface area contributed by atoms with E-state index < -0.39 is 0 Å². The zero-order valence-electron chi connectivity index (χ0n) is 15.6. The molecular formula is C20H26N4O3. The van der Waals surface area contributed by atoms with Crippen LogP contribution in [0, 0.1) is 5.92 Å². The zero-order chi connectivity index (χ0) is 19.1. The number of aromatic nitrogens is 2. The molecule has 0 aliphatic carbocycles. The van der Waals surface area contributed by atoms with Crippen LogP contribution in [0.25, 0.3) is 0 Å². The molecule has 0 radical (unpaired) electrons. The van der Waals surface area contributed by atoms with Crippen LogP contribution in [0.4, 0.5) is 5.69 Å². The molecule has 3 rings (SSSR count). The Bertz CT molecular complexity index is 803. The van der Waals surface area contributed by atoms with Gasteiger partial charge < -0.3 is 15.0 Å². The summed E-state index contributed by atoms with van der Waals surface area (Å²) in [7, 11) is 0. The summed E-state index contributed by atoms with van der Waals surface area (Å²) in [5, 5.41) is 9.24. The van der Waals surface area contributed by atoms with Crippen molar-refractivity contribution in [3.8, 4) is 5.75 Å². The van der Waals surface area contributed by atoms with Crippen molar-refractivity contribution in [3.63, 3.8) is 0 Å². The van der Waals surface area contributed by atoms with Gasteiger partial charge in [0.15, 0.2) is 0 Å². The summed E-state index contributed by atoms with van der Waals surface area (Å²) in [6, 6.07) is 9.33. The topological polar surface area (TPSA) is 87.3 Å². The van der Waals surface area contributed by atoms with Crippen LogP contribution in [-0.4, -0.2) is 35.8 Å². The molecule has 1 aromatic carbocycles. The van der Waals surface area contributed by atoms with Gasteiger partial charge in [0, 0.05) is 25.7 Å². The zero-order valence-corrected chi connectivity index (χ0v) is 15.6. The van der Waals surface area contributed by atoms with E-state index in [1.165, 1.54) is 6.07 Å². The Morgan fingerprint density at radius 2 is 2.19 bits per heavy atom. The Balaban J connectivity index is 1.52. The van der Waals surface area contributed by atoms with Crippen molar-refractivity contribution >= 4 is 11.6 Å². The van der Waals surface area contributed by atoms with Gasteiger partial charge in [0.2, 0.25) is 5.91 Å². The number of aromatic amines is 1. The summed E-state index contributed by atoms with van der Waals surface area (Å²) < 4.78 is 5.57. The van der Waals surface area contributed by atoms with Crippen LogP contribution in [0.15, 0.2) is 41.3 Å². The number of hydrogen-bond acceptors (Lipinski definition) is 5. The summed E-state index contributed by atoms with van der Waals surface area (Å²) >= 11 is 0. The van der Waals surface area contributed by atoms with Gasteiger partial charge in [0.05, 0.1) is 24.4 Å². The number of carbonyl (C=O) groups excluding carboxylic acids is 1. The minimum atomic E-state index is -0.231. The van der Waals surface area contributed by atoms with Gasteiger partial charge in [-0.3, -0.25) is 9.59 Å². The highest BCUT2D eigenvalue weighted by molar-refractivity contribution is 5.79. The lowest BCUT2D eigenvalue weighted by atomic mass is 9.96. The molecule has 1 amide bonds. The van der Waals surface area contributed by atoms with Crippen molar-refractivity contribution in [1.82, 2.24) is 15.5 Å². The normalized spacial score (nSPS) is 16.8. The first-order chi connectivity index (χ1) is 13.2. The lowest BCUT2D eigenvalue weighted by Gasteiger charge is -2.33. The summed E-state index contributed by atoms with van der Waals surface area (Å²) in [6.07, 6.45) is 4.37. The van der Waals surface area contributed by atoms with E-state index in [0.29, 0.717) is 19.7 Å². The first kappa shape index (κ1) is 18.9. The molecule has 1 aliphatic heterocycles. The molecule has 27 heavy (non-hydrogen) atoms. The lowest BCUT2D eigenvalue weighted by Crippen LogP contribution is -2.43. The molecule has 0 spiro atoms. The maximum atomic E-state index is 12.6. The molecule has 1 aliphatic rings. The minimum Gasteiger partial charge on any atom is -0.494 e. The largest absolute Gasteiger partial charge is 0.494 e. The average Bonchev–Trinajstić information content (AvgIpc) is 2.71. The Morgan fingerprint density at radius 1 is 1.37 bits per heavy atom. The van der Waals surface area contributed by atoms with E-state index in [1.54, 1.807) is 6.20 Å². The molecule has 2 aromatic rings. The van der Waals surface area contributed by atoms with Crippen LogP contribution in [0.2, 0.25) is 0 Å². The highest BCUT2D eigenvalue weighted by atomic mass is 16.5. The average molecular weight is 370 g/mol. The molecule has 7 heteroatoms. The number of hydrogen-bond donors (Lipinski definition) is 2. The molecule has 2 N–H and O–H groups in total. The number of ether oxygens (including phenoxy) is 1. The third-order valence-corrected chi connectivity index (χ3v) is 4.67. The number of nitrogens with zero attached hydrogens (tertiary/aromatic N) is 2. The number of carbonyl (C=O) groups is 1. The summed E-state index contributed by atoms with van der Waals surface area (Å²) in [4.78, 5) is 26.1. The molecule has 1 saturated heterocycles. The van der Waals surface area contributed by atoms with Crippen LogP contribution in [-0.2, 0) is 11.3 Å². The number of benzene rings is 1. The van der Waals surface area contributed by atoms with E-state index in [0.717, 1.165) is 42.8 Å². The lowest BCUT2D eigenvalue weighted by molar-refractivity contribution is -0.125. The van der Waals surface area contributed by atoms with Crippen molar-refractivity contribution in [2.75, 3.05) is 24.6 Å². The van der Waals surface area contributed by atoms with E-state index in [4.69, 9.17) is 4.74 Å². The van der Waals surface area contributed by atoms with E-state index in [-0.39, 0.29) is 17.4 Å². The van der Waals surface area contributed by atoms with Gasteiger partial charge in [-0.25, -0.2) is 5.10 Å². The highest BCUT2D eigenvalue weighted by Gasteiger charge is 2.26. The summed E-state index contributed by atoms with van der Waals surface area (Å²) in [6.45, 7) is 4.70. The number of amides is 1. The molecule has 7 nitrogen and oxygen atoms in total. The number of piperidine rings is 1. The van der Waals surface area contributed by atoms with Crippen LogP contribution in [0.5, 0.6) is 5.75 Å². The third-order valence-electron chi connectivity index (χ3n) is 4.67. The van der Waals surface area contributed by atoms with E-state index in [2.05, 4.69) is 27.3 Å². The monoisotopic (exact) mass is 370 g/mol. The second kappa shape index (κ2) is 9.21. The fourth-order valence-electron chi connectivity index (χ4n) is 3.22. The maximum absolute atomic E-state index is 12.6. The van der Waals surface area contributed by atoms with Crippen molar-refractivity contribution in [2.45, 2.75) is 32.7 Å². The quantitative estimate of drug-likeness (QED) is 0.779. The van der Waals surface area contributed by atoms with Crippen LogP contribution >= 0.6 is 0 Å². The molecule has 1 aromatic heterocycles. The van der Waals surface area contributed by atoms with Crippen LogP contribution in [0.1, 0.15) is 31.7 Å². The SMILES string of the molecule is CCCOc1ccc(CNC(=O)C2CCCN(c3cn[nH]c(=O)c3)C2)cc1. The molecular weight excluding hydrogens is 344 g/mol. The van der Waals surface area contributed by atoms with Crippen molar-refractivity contribution in [1.29, 1.82) is 0 Å². The van der Waals surface area contributed by atoms with Gasteiger partial charge >= 0.3 is 0 Å². The number of nitrogens with one attached hydrogen (secondary N) is 2. The van der Waals surface area contributed by atoms with E-state index in [9.17, 15) is 9.59 Å². The molecule has 1 fully saturated rings. The number of H-pyrrole nitrogens is 1. The molecule has 0 saturated carbocycles. The maximum Gasteiger partial charge on any atom is 0.266 e. The Hall–Kier alpha value is -2.83. The first-order valence-corrected chi connectivity index (χ1v) is 9.45. The molecule has 1 atom stereocenters. The smallest absolute Gasteiger partial charge is 0.266 e. The van der Waals surface area contributed by atoms with Crippen LogP contribution in [0.3, 0.4) is 0 Å². The van der Waals surface area contributed by atoms with Gasteiger partial charge in [-0.05, 0) is 37.0 Å². The van der Waals surface area contributed by atoms with E-state index >= 15 is 0 Å². The number of rotatable bonds is 7.